The molecule has 1 atom stereocenters. The molecule has 8 nitrogen and oxygen atoms in total. The Bertz CT molecular complexity index is 807. The van der Waals surface area contributed by atoms with Crippen LogP contribution in [0.4, 0.5) is 22.1 Å². The first kappa shape index (κ1) is 16.7. The Morgan fingerprint density at radius 2 is 2.12 bits per heavy atom. The number of aliphatic imine (C=N–C) groups is 1. The number of aromatic nitrogens is 1. The highest BCUT2D eigenvalue weighted by molar-refractivity contribution is 6.07. The number of rotatable bonds is 4. The summed E-state index contributed by atoms with van der Waals surface area (Å²) >= 11 is 0. The summed E-state index contributed by atoms with van der Waals surface area (Å²) < 4.78 is 10.8. The van der Waals surface area contributed by atoms with E-state index in [9.17, 15) is 4.79 Å². The van der Waals surface area contributed by atoms with E-state index in [0.29, 0.717) is 17.1 Å². The highest BCUT2D eigenvalue weighted by Crippen LogP contribution is 2.39. The second-order valence-corrected chi connectivity index (χ2v) is 5.23. The highest BCUT2D eigenvalue weighted by atomic mass is 16.5. The molecule has 1 aromatic carbocycles. The fourth-order valence-electron chi connectivity index (χ4n) is 2.45. The summed E-state index contributed by atoms with van der Waals surface area (Å²) in [5.41, 5.74) is 8.06. The van der Waals surface area contributed by atoms with Crippen molar-refractivity contribution in [2.75, 3.05) is 24.7 Å². The van der Waals surface area contributed by atoms with Crippen molar-refractivity contribution in [1.82, 2.24) is 10.3 Å². The van der Waals surface area contributed by atoms with Crippen molar-refractivity contribution < 1.29 is 14.3 Å². The molecule has 8 heteroatoms. The first-order chi connectivity index (χ1) is 12.1. The molecular weight excluding hydrogens is 322 g/mol. The van der Waals surface area contributed by atoms with E-state index in [4.69, 9.17) is 15.2 Å². The van der Waals surface area contributed by atoms with E-state index in [1.54, 1.807) is 20.0 Å². The van der Waals surface area contributed by atoms with Crippen LogP contribution in [-0.2, 0) is 4.74 Å². The van der Waals surface area contributed by atoms with Crippen LogP contribution >= 0.6 is 0 Å². The molecule has 0 bridgehead atoms. The Balaban J connectivity index is 1.98. The number of hydrogen-bond donors (Lipinski definition) is 3. The Morgan fingerprint density at radius 3 is 2.80 bits per heavy atom. The molecule has 0 saturated carbocycles. The monoisotopic (exact) mass is 341 g/mol. The van der Waals surface area contributed by atoms with Gasteiger partial charge in [-0.15, -0.1) is 0 Å². The number of ether oxygens (including phenoxy) is 2. The molecule has 0 spiro atoms. The highest BCUT2D eigenvalue weighted by Gasteiger charge is 2.27. The third-order valence-corrected chi connectivity index (χ3v) is 3.55. The van der Waals surface area contributed by atoms with Crippen molar-refractivity contribution in [2.24, 2.45) is 4.99 Å². The Morgan fingerprint density at radius 1 is 1.36 bits per heavy atom. The smallest absolute Gasteiger partial charge is 0.412 e. The number of nitrogens with two attached hydrogens (primary N) is 1. The zero-order valence-electron chi connectivity index (χ0n) is 13.9. The molecule has 0 aliphatic carbocycles. The molecule has 130 valence electrons. The van der Waals surface area contributed by atoms with E-state index in [-0.39, 0.29) is 18.2 Å². The van der Waals surface area contributed by atoms with Gasteiger partial charge in [0.25, 0.3) is 0 Å². The van der Waals surface area contributed by atoms with E-state index in [1.165, 1.54) is 0 Å². The van der Waals surface area contributed by atoms with Gasteiger partial charge < -0.3 is 15.2 Å². The number of hydrogen-bond acceptors (Lipinski definition) is 7. The topological polar surface area (TPSA) is 111 Å². The molecule has 2 aromatic rings. The summed E-state index contributed by atoms with van der Waals surface area (Å²) in [6.45, 7) is 1.98. The van der Waals surface area contributed by atoms with Crippen LogP contribution in [0.15, 0.2) is 41.4 Å². The number of amides is 1. The van der Waals surface area contributed by atoms with E-state index in [1.807, 2.05) is 30.3 Å². The number of nitrogen functional groups attached to an aromatic ring is 1. The van der Waals surface area contributed by atoms with Crippen LogP contribution in [0.2, 0.25) is 0 Å². The first-order valence-corrected chi connectivity index (χ1v) is 7.84. The molecule has 4 N–H and O–H groups in total. The molecule has 25 heavy (non-hydrogen) atoms. The molecule has 1 unspecified atom stereocenters. The summed E-state index contributed by atoms with van der Waals surface area (Å²) in [5.74, 6) is 0.827. The van der Waals surface area contributed by atoms with Crippen LogP contribution < -0.4 is 21.1 Å². The lowest BCUT2D eigenvalue weighted by atomic mass is 10.1. The average molecular weight is 341 g/mol. The fourth-order valence-corrected chi connectivity index (χ4v) is 2.45. The van der Waals surface area contributed by atoms with Crippen molar-refractivity contribution in [3.63, 3.8) is 0 Å². The van der Waals surface area contributed by atoms with E-state index >= 15 is 0 Å². The predicted molar refractivity (Wildman–Crippen MR) is 95.4 cm³/mol. The van der Waals surface area contributed by atoms with Gasteiger partial charge in [-0.25, -0.2) is 14.8 Å². The number of nitrogens with zero attached hydrogens (tertiary/aromatic N) is 2. The van der Waals surface area contributed by atoms with Crippen molar-refractivity contribution in [3.8, 4) is 5.75 Å². The average Bonchev–Trinajstić information content (AvgIpc) is 2.61. The number of benzene rings is 1. The van der Waals surface area contributed by atoms with Gasteiger partial charge in [0.1, 0.15) is 17.2 Å². The molecule has 1 aliphatic heterocycles. The van der Waals surface area contributed by atoms with Gasteiger partial charge >= 0.3 is 6.09 Å². The number of carbonyl (C=O) groups is 1. The molecule has 2 heterocycles. The number of nitrogens with one attached hydrogen (secondary N) is 2. The minimum atomic E-state index is -0.608. The molecule has 1 amide bonds. The zero-order chi connectivity index (χ0) is 17.8. The molecule has 3 rings (SSSR count). The SMILES string of the molecule is CCOC(=O)Nc1cc2c(c(N)n1)N=C(c1ccccc1)C(NC)O2. The van der Waals surface area contributed by atoms with Crippen LogP contribution in [-0.4, -0.2) is 36.7 Å². The Hall–Kier alpha value is -3.13. The minimum Gasteiger partial charge on any atom is -0.467 e. The standard InChI is InChI=1S/C17H19N5O3/c1-3-24-17(23)21-12-9-11-14(15(18)20-12)22-13(16(19-2)25-11)10-7-5-4-6-8-10/h4-9,16,19H,3H2,1-2H3,(H3,18,20,21,23). The summed E-state index contributed by atoms with van der Waals surface area (Å²) in [6, 6.07) is 11.2. The lowest BCUT2D eigenvalue weighted by Gasteiger charge is -2.26. The molecule has 0 radical (unpaired) electrons. The second-order valence-electron chi connectivity index (χ2n) is 5.23. The van der Waals surface area contributed by atoms with Gasteiger partial charge in [0.15, 0.2) is 17.8 Å². The van der Waals surface area contributed by atoms with Crippen LogP contribution in [0.3, 0.4) is 0 Å². The number of pyridine rings is 1. The van der Waals surface area contributed by atoms with Crippen LogP contribution in [0.25, 0.3) is 0 Å². The summed E-state index contributed by atoms with van der Waals surface area (Å²) in [6.07, 6.45) is -1.06. The molecule has 1 aromatic heterocycles. The molecule has 0 fully saturated rings. The minimum absolute atomic E-state index is 0.160. The normalized spacial score (nSPS) is 15.6. The van der Waals surface area contributed by atoms with Gasteiger partial charge in [-0.2, -0.15) is 0 Å². The van der Waals surface area contributed by atoms with Crippen molar-refractivity contribution in [1.29, 1.82) is 0 Å². The number of carbonyl (C=O) groups excluding carboxylic acids is 1. The molecular formula is C17H19N5O3. The second kappa shape index (κ2) is 7.18. The van der Waals surface area contributed by atoms with Crippen LogP contribution in [0, 0.1) is 0 Å². The predicted octanol–water partition coefficient (Wildman–Crippen LogP) is 2.29. The lowest BCUT2D eigenvalue weighted by Crippen LogP contribution is -2.41. The molecule has 1 aliphatic rings. The molecule has 0 saturated heterocycles. The third kappa shape index (κ3) is 3.53. The van der Waals surface area contributed by atoms with Crippen LogP contribution in [0.5, 0.6) is 5.75 Å². The van der Waals surface area contributed by atoms with E-state index in [2.05, 4.69) is 20.6 Å². The third-order valence-electron chi connectivity index (χ3n) is 3.55. The maximum Gasteiger partial charge on any atom is 0.412 e. The first-order valence-electron chi connectivity index (χ1n) is 7.84. The summed E-state index contributed by atoms with van der Waals surface area (Å²) in [7, 11) is 1.77. The van der Waals surface area contributed by atoms with Crippen LogP contribution in [0.1, 0.15) is 12.5 Å². The Kier molecular flexibility index (Phi) is 4.80. The summed E-state index contributed by atoms with van der Waals surface area (Å²) in [4.78, 5) is 20.3. The lowest BCUT2D eigenvalue weighted by molar-refractivity contribution is 0.168. The number of anilines is 2. The van der Waals surface area contributed by atoms with E-state index < -0.39 is 12.3 Å². The van der Waals surface area contributed by atoms with E-state index in [0.717, 1.165) is 5.56 Å². The van der Waals surface area contributed by atoms with Crippen molar-refractivity contribution in [3.05, 3.63) is 42.0 Å². The number of likely N-dealkylation sites (N-methyl/N-ethyl adjacent to an activating group) is 1. The summed E-state index contributed by atoms with van der Waals surface area (Å²) in [5, 5.41) is 5.58. The maximum absolute atomic E-state index is 11.6. The largest absolute Gasteiger partial charge is 0.467 e. The zero-order valence-corrected chi connectivity index (χ0v) is 13.9. The maximum atomic E-state index is 11.6. The number of fused-ring (bicyclic) bond motifs is 1. The fraction of sp³-hybridized carbons (Fsp3) is 0.235. The van der Waals surface area contributed by atoms with Crippen molar-refractivity contribution >= 4 is 29.1 Å². The van der Waals surface area contributed by atoms with Gasteiger partial charge in [0.05, 0.1) is 6.61 Å². The van der Waals surface area contributed by atoms with Gasteiger partial charge in [-0.1, -0.05) is 30.3 Å². The van der Waals surface area contributed by atoms with Gasteiger partial charge in [0.2, 0.25) is 0 Å². The Labute approximate surface area is 145 Å². The van der Waals surface area contributed by atoms with Gasteiger partial charge in [0, 0.05) is 11.6 Å². The van der Waals surface area contributed by atoms with Gasteiger partial charge in [-0.05, 0) is 14.0 Å². The quantitative estimate of drug-likeness (QED) is 0.787. The van der Waals surface area contributed by atoms with Crippen molar-refractivity contribution in [2.45, 2.75) is 13.2 Å². The van der Waals surface area contributed by atoms with Gasteiger partial charge in [-0.3, -0.25) is 10.6 Å².